The third kappa shape index (κ3) is 3.14. The van der Waals surface area contributed by atoms with Gasteiger partial charge < -0.3 is 9.64 Å². The van der Waals surface area contributed by atoms with E-state index in [4.69, 9.17) is 14.7 Å². The second kappa shape index (κ2) is 6.95. The fraction of sp³-hybridized carbons (Fsp3) is 0.700. The molecule has 3 fully saturated rings. The van der Waals surface area contributed by atoms with E-state index in [9.17, 15) is 0 Å². The Bertz CT molecular complexity index is 846. The molecule has 0 saturated carbocycles. The molecule has 3 aliphatic rings. The molecule has 6 nitrogen and oxygen atoms in total. The fourth-order valence-electron chi connectivity index (χ4n) is 4.74. The molecule has 2 aromatic rings. The standard InChI is InChI=1S/C20H29N5OS/c1-13-14(2)27-20-18(13)19(21-17(22-20)12-24-6-4-5-7-24)25-10-15-16(11-25)26-9-8-23(15)3/h15-16H,4-12H2,1-3H3. The summed E-state index contributed by atoms with van der Waals surface area (Å²) < 4.78 is 6.08. The van der Waals surface area contributed by atoms with Crippen molar-refractivity contribution in [3.05, 3.63) is 16.3 Å². The van der Waals surface area contributed by atoms with Crippen molar-refractivity contribution in [2.24, 2.45) is 0 Å². The zero-order valence-corrected chi connectivity index (χ0v) is 17.4. The van der Waals surface area contributed by atoms with Gasteiger partial charge in [-0.05, 0) is 52.4 Å². The molecule has 0 aromatic carbocycles. The molecule has 0 aliphatic carbocycles. The summed E-state index contributed by atoms with van der Waals surface area (Å²) >= 11 is 1.81. The van der Waals surface area contributed by atoms with E-state index < -0.39 is 0 Å². The maximum Gasteiger partial charge on any atom is 0.146 e. The molecule has 0 bridgehead atoms. The molecular weight excluding hydrogens is 358 g/mol. The predicted molar refractivity (Wildman–Crippen MR) is 110 cm³/mol. The minimum Gasteiger partial charge on any atom is -0.373 e. The topological polar surface area (TPSA) is 44.7 Å². The Morgan fingerprint density at radius 3 is 2.70 bits per heavy atom. The number of likely N-dealkylation sites (tertiary alicyclic amines) is 1. The van der Waals surface area contributed by atoms with E-state index in [1.165, 1.54) is 41.8 Å². The summed E-state index contributed by atoms with van der Waals surface area (Å²) in [7, 11) is 2.22. The Morgan fingerprint density at radius 2 is 1.93 bits per heavy atom. The van der Waals surface area contributed by atoms with Gasteiger partial charge in [0.1, 0.15) is 16.5 Å². The van der Waals surface area contributed by atoms with Gasteiger partial charge in [0.05, 0.1) is 30.7 Å². The Hall–Kier alpha value is -1.28. The van der Waals surface area contributed by atoms with E-state index in [0.717, 1.165) is 49.3 Å². The van der Waals surface area contributed by atoms with Gasteiger partial charge in [0, 0.05) is 24.5 Å². The number of aromatic nitrogens is 2. The molecule has 3 aliphatic heterocycles. The Kier molecular flexibility index (Phi) is 4.58. The van der Waals surface area contributed by atoms with Gasteiger partial charge in [0.15, 0.2) is 0 Å². The van der Waals surface area contributed by atoms with Crippen molar-refractivity contribution in [3.63, 3.8) is 0 Å². The van der Waals surface area contributed by atoms with E-state index in [1.807, 2.05) is 11.3 Å². The minimum atomic E-state index is 0.288. The summed E-state index contributed by atoms with van der Waals surface area (Å²) in [5, 5.41) is 1.25. The average molecular weight is 388 g/mol. The highest BCUT2D eigenvalue weighted by Crippen LogP contribution is 2.37. The molecule has 0 spiro atoms. The highest BCUT2D eigenvalue weighted by molar-refractivity contribution is 7.18. The SMILES string of the molecule is Cc1sc2nc(CN3CCCC3)nc(N3CC4OCCN(C)C4C3)c2c1C. The van der Waals surface area contributed by atoms with Crippen LogP contribution in [0.25, 0.3) is 10.2 Å². The molecule has 0 amide bonds. The van der Waals surface area contributed by atoms with Crippen molar-refractivity contribution >= 4 is 27.4 Å². The van der Waals surface area contributed by atoms with E-state index in [-0.39, 0.29) is 6.10 Å². The van der Waals surface area contributed by atoms with Crippen molar-refractivity contribution < 1.29 is 4.74 Å². The van der Waals surface area contributed by atoms with Gasteiger partial charge in [0.25, 0.3) is 0 Å². The van der Waals surface area contributed by atoms with Gasteiger partial charge in [-0.1, -0.05) is 0 Å². The van der Waals surface area contributed by atoms with Gasteiger partial charge in [-0.2, -0.15) is 0 Å². The molecule has 0 N–H and O–H groups in total. The lowest BCUT2D eigenvalue weighted by Crippen LogP contribution is -2.48. The number of anilines is 1. The molecule has 5 heterocycles. The van der Waals surface area contributed by atoms with Crippen LogP contribution >= 0.6 is 11.3 Å². The van der Waals surface area contributed by atoms with Crippen LogP contribution in [0.4, 0.5) is 5.82 Å². The van der Waals surface area contributed by atoms with Crippen LogP contribution in [0.3, 0.4) is 0 Å². The van der Waals surface area contributed by atoms with Crippen molar-refractivity contribution in [2.75, 3.05) is 51.3 Å². The van der Waals surface area contributed by atoms with Crippen LogP contribution in [0.1, 0.15) is 29.1 Å². The molecule has 2 unspecified atom stereocenters. The number of thiophene rings is 1. The van der Waals surface area contributed by atoms with Crippen LogP contribution < -0.4 is 4.90 Å². The summed E-state index contributed by atoms with van der Waals surface area (Å²) in [6.07, 6.45) is 2.88. The summed E-state index contributed by atoms with van der Waals surface area (Å²) in [6, 6.07) is 0.464. The molecular formula is C20H29N5OS. The normalized spacial score (nSPS) is 27.0. The van der Waals surface area contributed by atoms with E-state index in [2.05, 4.69) is 35.6 Å². The number of hydrogen-bond acceptors (Lipinski definition) is 7. The molecule has 146 valence electrons. The van der Waals surface area contributed by atoms with Crippen LogP contribution in [0.2, 0.25) is 0 Å². The quantitative estimate of drug-likeness (QED) is 0.806. The summed E-state index contributed by atoms with van der Waals surface area (Å²) in [5.41, 5.74) is 1.34. The lowest BCUT2D eigenvalue weighted by molar-refractivity contribution is -0.0362. The lowest BCUT2D eigenvalue weighted by atomic mass is 10.1. The number of rotatable bonds is 3. The van der Waals surface area contributed by atoms with Crippen molar-refractivity contribution in [1.82, 2.24) is 19.8 Å². The molecule has 3 saturated heterocycles. The van der Waals surface area contributed by atoms with Crippen LogP contribution in [0.5, 0.6) is 0 Å². The van der Waals surface area contributed by atoms with Gasteiger partial charge in [-0.25, -0.2) is 9.97 Å². The first-order valence-electron chi connectivity index (χ1n) is 10.2. The second-order valence-corrected chi connectivity index (χ2v) is 9.48. The first-order valence-corrected chi connectivity index (χ1v) is 11.0. The largest absolute Gasteiger partial charge is 0.373 e. The summed E-state index contributed by atoms with van der Waals surface area (Å²) in [5.74, 6) is 2.10. The zero-order chi connectivity index (χ0) is 18.5. The van der Waals surface area contributed by atoms with E-state index >= 15 is 0 Å². The first-order chi connectivity index (χ1) is 13.1. The molecule has 0 radical (unpaired) electrons. The number of hydrogen-bond donors (Lipinski definition) is 0. The number of aryl methyl sites for hydroxylation is 2. The van der Waals surface area contributed by atoms with E-state index in [0.29, 0.717) is 6.04 Å². The highest BCUT2D eigenvalue weighted by atomic mass is 32.1. The third-order valence-electron chi connectivity index (χ3n) is 6.50. The van der Waals surface area contributed by atoms with Crippen molar-refractivity contribution in [2.45, 2.75) is 45.4 Å². The first kappa shape index (κ1) is 17.8. The van der Waals surface area contributed by atoms with Crippen molar-refractivity contribution in [3.8, 4) is 0 Å². The fourth-order valence-corrected chi connectivity index (χ4v) is 5.78. The number of fused-ring (bicyclic) bond motifs is 2. The van der Waals surface area contributed by atoms with Crippen LogP contribution in [-0.4, -0.2) is 78.3 Å². The lowest BCUT2D eigenvalue weighted by Gasteiger charge is -2.33. The van der Waals surface area contributed by atoms with Crippen LogP contribution in [0, 0.1) is 13.8 Å². The average Bonchev–Trinajstić information content (AvgIpc) is 3.36. The monoisotopic (exact) mass is 387 g/mol. The Morgan fingerprint density at radius 1 is 1.11 bits per heavy atom. The summed E-state index contributed by atoms with van der Waals surface area (Å²) in [4.78, 5) is 19.9. The number of likely N-dealkylation sites (N-methyl/N-ethyl adjacent to an activating group) is 1. The van der Waals surface area contributed by atoms with Gasteiger partial charge >= 0.3 is 0 Å². The minimum absolute atomic E-state index is 0.288. The Balaban J connectivity index is 1.53. The number of nitrogens with zero attached hydrogens (tertiary/aromatic N) is 5. The van der Waals surface area contributed by atoms with Gasteiger partial charge in [0.2, 0.25) is 0 Å². The molecule has 7 heteroatoms. The second-order valence-electron chi connectivity index (χ2n) is 8.27. The van der Waals surface area contributed by atoms with Gasteiger partial charge in [-0.3, -0.25) is 9.80 Å². The molecule has 2 atom stereocenters. The maximum atomic E-state index is 6.08. The number of ether oxygens (including phenoxy) is 1. The maximum absolute atomic E-state index is 6.08. The highest BCUT2D eigenvalue weighted by Gasteiger charge is 2.40. The van der Waals surface area contributed by atoms with Crippen LogP contribution in [0.15, 0.2) is 0 Å². The molecule has 2 aromatic heterocycles. The summed E-state index contributed by atoms with van der Waals surface area (Å²) in [6.45, 7) is 11.4. The Labute approximate surface area is 165 Å². The third-order valence-corrected chi connectivity index (χ3v) is 7.60. The van der Waals surface area contributed by atoms with E-state index in [1.54, 1.807) is 0 Å². The smallest absolute Gasteiger partial charge is 0.146 e. The molecule has 27 heavy (non-hydrogen) atoms. The predicted octanol–water partition coefficient (Wildman–Crippen LogP) is 2.42. The number of morpholine rings is 1. The molecule has 5 rings (SSSR count). The zero-order valence-electron chi connectivity index (χ0n) is 16.6. The van der Waals surface area contributed by atoms with Gasteiger partial charge in [-0.15, -0.1) is 11.3 Å². The van der Waals surface area contributed by atoms with Crippen molar-refractivity contribution in [1.29, 1.82) is 0 Å². The van der Waals surface area contributed by atoms with Crippen LogP contribution in [-0.2, 0) is 11.3 Å².